The minimum absolute atomic E-state index is 0.109. The van der Waals surface area contributed by atoms with Crippen LogP contribution in [0.5, 0.6) is 0 Å². The van der Waals surface area contributed by atoms with Crippen LogP contribution < -0.4 is 0 Å². The van der Waals surface area contributed by atoms with Gasteiger partial charge in [0, 0.05) is 10.6 Å². The van der Waals surface area contributed by atoms with E-state index in [0.717, 1.165) is 15.6 Å². The Morgan fingerprint density at radius 3 is 2.83 bits per heavy atom. The zero-order valence-electron chi connectivity index (χ0n) is 9.74. The summed E-state index contributed by atoms with van der Waals surface area (Å²) in [5.41, 5.74) is 0.873. The van der Waals surface area contributed by atoms with Gasteiger partial charge in [-0.1, -0.05) is 18.2 Å². The number of hydrogen-bond acceptors (Lipinski definition) is 4. The second kappa shape index (κ2) is 4.33. The third-order valence-corrected chi connectivity index (χ3v) is 6.32. The van der Waals surface area contributed by atoms with Crippen molar-refractivity contribution in [2.75, 3.05) is 11.5 Å². The van der Waals surface area contributed by atoms with Crippen LogP contribution in [-0.2, 0) is 9.84 Å². The minimum Gasteiger partial charge on any atom is -0.388 e. The van der Waals surface area contributed by atoms with Gasteiger partial charge in [-0.3, -0.25) is 0 Å². The highest BCUT2D eigenvalue weighted by Crippen LogP contribution is 2.37. The molecule has 2 aromatic rings. The summed E-state index contributed by atoms with van der Waals surface area (Å²) in [5, 5.41) is 13.4. The van der Waals surface area contributed by atoms with E-state index in [2.05, 4.69) is 0 Å². The average Bonchev–Trinajstić information content (AvgIpc) is 2.91. The SMILES string of the molecule is O=S1(=O)CCC(C(O)c2csc3ccccc23)C1. The molecule has 2 unspecified atom stereocenters. The topological polar surface area (TPSA) is 54.4 Å². The number of aliphatic hydroxyl groups is 1. The van der Waals surface area contributed by atoms with Gasteiger partial charge >= 0.3 is 0 Å². The van der Waals surface area contributed by atoms with Crippen molar-refractivity contribution >= 4 is 31.3 Å². The zero-order valence-corrected chi connectivity index (χ0v) is 11.4. The van der Waals surface area contributed by atoms with E-state index in [1.54, 1.807) is 11.3 Å². The van der Waals surface area contributed by atoms with Gasteiger partial charge in [0.1, 0.15) is 0 Å². The van der Waals surface area contributed by atoms with Crippen LogP contribution in [0.2, 0.25) is 0 Å². The minimum atomic E-state index is -2.94. The number of benzene rings is 1. The van der Waals surface area contributed by atoms with Gasteiger partial charge in [-0.2, -0.15) is 0 Å². The fourth-order valence-electron chi connectivity index (χ4n) is 2.55. The molecule has 96 valence electrons. The van der Waals surface area contributed by atoms with E-state index in [4.69, 9.17) is 0 Å². The highest BCUT2D eigenvalue weighted by atomic mass is 32.2. The summed E-state index contributed by atoms with van der Waals surface area (Å²) in [6.07, 6.45) is -0.105. The predicted octanol–water partition coefficient (Wildman–Crippen LogP) is 2.37. The summed E-state index contributed by atoms with van der Waals surface area (Å²) < 4.78 is 24.1. The molecule has 1 aromatic carbocycles. The van der Waals surface area contributed by atoms with Crippen LogP contribution >= 0.6 is 11.3 Å². The largest absolute Gasteiger partial charge is 0.388 e. The number of sulfone groups is 1. The Morgan fingerprint density at radius 1 is 1.33 bits per heavy atom. The van der Waals surface area contributed by atoms with Crippen LogP contribution in [0.3, 0.4) is 0 Å². The predicted molar refractivity (Wildman–Crippen MR) is 73.5 cm³/mol. The Balaban J connectivity index is 1.95. The second-order valence-electron chi connectivity index (χ2n) is 4.80. The monoisotopic (exact) mass is 282 g/mol. The van der Waals surface area contributed by atoms with Crippen LogP contribution in [-0.4, -0.2) is 25.0 Å². The molecule has 3 nitrogen and oxygen atoms in total. The fraction of sp³-hybridized carbons (Fsp3) is 0.385. The Morgan fingerprint density at radius 2 is 2.11 bits per heavy atom. The van der Waals surface area contributed by atoms with Crippen molar-refractivity contribution in [2.45, 2.75) is 12.5 Å². The zero-order chi connectivity index (χ0) is 12.8. The van der Waals surface area contributed by atoms with Crippen molar-refractivity contribution in [3.63, 3.8) is 0 Å². The third kappa shape index (κ3) is 2.06. The van der Waals surface area contributed by atoms with Gasteiger partial charge in [-0.25, -0.2) is 8.42 Å². The Hall–Kier alpha value is -0.910. The summed E-state index contributed by atoms with van der Waals surface area (Å²) in [4.78, 5) is 0. The molecule has 0 radical (unpaired) electrons. The molecule has 1 aliphatic heterocycles. The number of hydrogen-bond donors (Lipinski definition) is 1. The molecule has 1 aliphatic rings. The molecule has 0 amide bonds. The van der Waals surface area contributed by atoms with E-state index >= 15 is 0 Å². The lowest BCUT2D eigenvalue weighted by atomic mass is 9.95. The van der Waals surface area contributed by atoms with Crippen molar-refractivity contribution < 1.29 is 13.5 Å². The van der Waals surface area contributed by atoms with Crippen LogP contribution in [0.15, 0.2) is 29.6 Å². The molecule has 0 aliphatic carbocycles. The van der Waals surface area contributed by atoms with Crippen LogP contribution in [0.1, 0.15) is 18.1 Å². The Kier molecular flexibility index (Phi) is 2.92. The number of fused-ring (bicyclic) bond motifs is 1. The van der Waals surface area contributed by atoms with E-state index in [0.29, 0.717) is 6.42 Å². The molecule has 1 N–H and O–H groups in total. The van der Waals surface area contributed by atoms with Gasteiger partial charge in [0.25, 0.3) is 0 Å². The summed E-state index contributed by atoms with van der Waals surface area (Å²) in [6, 6.07) is 7.90. The van der Waals surface area contributed by atoms with E-state index in [1.807, 2.05) is 29.6 Å². The first kappa shape index (κ1) is 12.1. The maximum atomic E-state index is 11.5. The van der Waals surface area contributed by atoms with Crippen molar-refractivity contribution in [3.8, 4) is 0 Å². The Labute approximate surface area is 110 Å². The summed E-state index contributed by atoms with van der Waals surface area (Å²) in [5.74, 6) is 0.155. The number of rotatable bonds is 2. The molecule has 1 fully saturated rings. The maximum Gasteiger partial charge on any atom is 0.150 e. The van der Waals surface area contributed by atoms with Gasteiger partial charge in [0.05, 0.1) is 17.6 Å². The van der Waals surface area contributed by atoms with Crippen molar-refractivity contribution in [3.05, 3.63) is 35.2 Å². The smallest absolute Gasteiger partial charge is 0.150 e. The first-order valence-electron chi connectivity index (χ1n) is 5.91. The molecule has 0 spiro atoms. The molecule has 5 heteroatoms. The quantitative estimate of drug-likeness (QED) is 0.920. The molecule has 2 heterocycles. The number of thiophene rings is 1. The molecule has 0 saturated carbocycles. The maximum absolute atomic E-state index is 11.5. The van der Waals surface area contributed by atoms with Crippen molar-refractivity contribution in [1.29, 1.82) is 0 Å². The van der Waals surface area contributed by atoms with E-state index in [1.165, 1.54) is 0 Å². The van der Waals surface area contributed by atoms with Crippen molar-refractivity contribution in [1.82, 2.24) is 0 Å². The normalized spacial score (nSPS) is 24.4. The molecular weight excluding hydrogens is 268 g/mol. The summed E-state index contributed by atoms with van der Waals surface area (Å²) in [7, 11) is -2.94. The van der Waals surface area contributed by atoms with Crippen molar-refractivity contribution in [2.24, 2.45) is 5.92 Å². The van der Waals surface area contributed by atoms with E-state index in [9.17, 15) is 13.5 Å². The van der Waals surface area contributed by atoms with Crippen LogP contribution in [0, 0.1) is 5.92 Å². The highest BCUT2D eigenvalue weighted by molar-refractivity contribution is 7.91. The molecule has 3 rings (SSSR count). The lowest BCUT2D eigenvalue weighted by molar-refractivity contribution is 0.123. The molecule has 2 atom stereocenters. The third-order valence-electron chi connectivity index (χ3n) is 3.54. The van der Waals surface area contributed by atoms with E-state index in [-0.39, 0.29) is 17.4 Å². The summed E-state index contributed by atoms with van der Waals surface area (Å²) in [6.45, 7) is 0. The molecule has 18 heavy (non-hydrogen) atoms. The molecular formula is C13H14O3S2. The standard InChI is InChI=1S/C13H14O3S2/c14-13(9-5-6-18(15,16)8-9)11-7-17-12-4-2-1-3-10(11)12/h1-4,7,9,13-14H,5-6,8H2. The first-order chi connectivity index (χ1) is 8.57. The molecule has 1 aromatic heterocycles. The first-order valence-corrected chi connectivity index (χ1v) is 8.61. The van der Waals surface area contributed by atoms with Gasteiger partial charge < -0.3 is 5.11 Å². The highest BCUT2D eigenvalue weighted by Gasteiger charge is 2.34. The Bertz CT molecular complexity index is 672. The second-order valence-corrected chi connectivity index (χ2v) is 7.94. The van der Waals surface area contributed by atoms with Gasteiger partial charge in [0.2, 0.25) is 0 Å². The van der Waals surface area contributed by atoms with Gasteiger partial charge in [-0.15, -0.1) is 11.3 Å². The fourth-order valence-corrected chi connectivity index (χ4v) is 5.37. The lowest BCUT2D eigenvalue weighted by Crippen LogP contribution is -2.13. The van der Waals surface area contributed by atoms with Crippen LogP contribution in [0.4, 0.5) is 0 Å². The van der Waals surface area contributed by atoms with Gasteiger partial charge in [-0.05, 0) is 28.8 Å². The van der Waals surface area contributed by atoms with Crippen LogP contribution in [0.25, 0.3) is 10.1 Å². The lowest BCUT2D eigenvalue weighted by Gasteiger charge is -2.16. The average molecular weight is 282 g/mol. The van der Waals surface area contributed by atoms with E-state index < -0.39 is 15.9 Å². The molecule has 0 bridgehead atoms. The van der Waals surface area contributed by atoms with Gasteiger partial charge in [0.15, 0.2) is 9.84 Å². The summed E-state index contributed by atoms with van der Waals surface area (Å²) >= 11 is 1.59. The number of aliphatic hydroxyl groups excluding tert-OH is 1. The molecule has 1 saturated heterocycles.